The minimum Gasteiger partial charge on any atom is -0.469 e. The Balaban J connectivity index is 2.13. The molecule has 1 atom stereocenters. The lowest BCUT2D eigenvalue weighted by molar-refractivity contribution is -0.146. The second kappa shape index (κ2) is 3.16. The maximum absolute atomic E-state index is 11.2. The van der Waals surface area contributed by atoms with Crippen molar-refractivity contribution >= 4 is 5.97 Å². The molecule has 0 aromatic carbocycles. The van der Waals surface area contributed by atoms with E-state index in [1.165, 1.54) is 7.11 Å². The summed E-state index contributed by atoms with van der Waals surface area (Å²) in [4.78, 5) is 11.2. The summed E-state index contributed by atoms with van der Waals surface area (Å²) in [7, 11) is 1.42. The average Bonchev–Trinajstić information content (AvgIpc) is 2.63. The number of rotatable bonds is 1. The van der Waals surface area contributed by atoms with E-state index in [1.807, 2.05) is 4.57 Å². The first-order valence-corrected chi connectivity index (χ1v) is 4.26. The third-order valence-corrected chi connectivity index (χ3v) is 2.38. The molecule has 5 nitrogen and oxygen atoms in total. The lowest BCUT2D eigenvalue weighted by Gasteiger charge is -2.19. The van der Waals surface area contributed by atoms with E-state index in [9.17, 15) is 4.79 Å². The highest BCUT2D eigenvalue weighted by Gasteiger charge is 2.26. The summed E-state index contributed by atoms with van der Waals surface area (Å²) in [5.74, 6) is 0.692. The highest BCUT2D eigenvalue weighted by molar-refractivity contribution is 5.72. The summed E-state index contributed by atoms with van der Waals surface area (Å²) < 4.78 is 6.66. The number of carbonyl (C=O) groups is 1. The normalized spacial score (nSPS) is 20.8. The first-order chi connectivity index (χ1) is 6.31. The molecule has 0 radical (unpaired) electrons. The van der Waals surface area contributed by atoms with Crippen molar-refractivity contribution in [2.75, 3.05) is 7.11 Å². The number of methoxy groups -OCH3 is 1. The van der Waals surface area contributed by atoms with Crippen LogP contribution in [0.1, 0.15) is 12.2 Å². The molecule has 1 aliphatic heterocycles. The smallest absolute Gasteiger partial charge is 0.309 e. The van der Waals surface area contributed by atoms with Crippen LogP contribution in [0.5, 0.6) is 0 Å². The Morgan fingerprint density at radius 3 is 3.38 bits per heavy atom. The van der Waals surface area contributed by atoms with Crippen molar-refractivity contribution in [1.29, 1.82) is 0 Å². The fourth-order valence-corrected chi connectivity index (χ4v) is 1.61. The Morgan fingerprint density at radius 1 is 1.77 bits per heavy atom. The van der Waals surface area contributed by atoms with Gasteiger partial charge in [0.2, 0.25) is 0 Å². The van der Waals surface area contributed by atoms with Crippen LogP contribution in [-0.2, 0) is 22.5 Å². The summed E-state index contributed by atoms with van der Waals surface area (Å²) in [5.41, 5.74) is 0. The Labute approximate surface area is 75.7 Å². The SMILES string of the molecule is COC(=O)C1CCn2cnnc2C1. The van der Waals surface area contributed by atoms with Gasteiger partial charge >= 0.3 is 5.97 Å². The van der Waals surface area contributed by atoms with Gasteiger partial charge in [-0.25, -0.2) is 0 Å². The van der Waals surface area contributed by atoms with Crippen molar-refractivity contribution in [3.05, 3.63) is 12.2 Å². The molecule has 70 valence electrons. The summed E-state index contributed by atoms with van der Waals surface area (Å²) in [6.07, 6.45) is 3.16. The van der Waals surface area contributed by atoms with Crippen molar-refractivity contribution in [2.24, 2.45) is 5.92 Å². The number of carbonyl (C=O) groups excluding carboxylic acids is 1. The van der Waals surface area contributed by atoms with Crippen molar-refractivity contribution in [3.8, 4) is 0 Å². The molecule has 0 aliphatic carbocycles. The Morgan fingerprint density at radius 2 is 2.62 bits per heavy atom. The van der Waals surface area contributed by atoms with Crippen molar-refractivity contribution in [1.82, 2.24) is 14.8 Å². The van der Waals surface area contributed by atoms with Gasteiger partial charge in [0.15, 0.2) is 0 Å². The third kappa shape index (κ3) is 1.41. The molecular weight excluding hydrogens is 170 g/mol. The Bertz CT molecular complexity index is 321. The molecule has 1 aromatic heterocycles. The highest BCUT2D eigenvalue weighted by atomic mass is 16.5. The van der Waals surface area contributed by atoms with Crippen LogP contribution in [0.2, 0.25) is 0 Å². The predicted octanol–water partition coefficient (Wildman–Crippen LogP) is 0.0135. The first kappa shape index (κ1) is 8.22. The number of aryl methyl sites for hydroxylation is 1. The van der Waals surface area contributed by atoms with Gasteiger partial charge in [-0.2, -0.15) is 0 Å². The molecule has 1 unspecified atom stereocenters. The van der Waals surface area contributed by atoms with E-state index in [-0.39, 0.29) is 11.9 Å². The van der Waals surface area contributed by atoms with Crippen LogP contribution in [0.25, 0.3) is 0 Å². The van der Waals surface area contributed by atoms with Crippen LogP contribution >= 0.6 is 0 Å². The topological polar surface area (TPSA) is 57.0 Å². The van der Waals surface area contributed by atoms with Gasteiger partial charge in [-0.1, -0.05) is 0 Å². The number of fused-ring (bicyclic) bond motifs is 1. The molecule has 0 N–H and O–H groups in total. The summed E-state index contributed by atoms with van der Waals surface area (Å²) in [6.45, 7) is 0.808. The van der Waals surface area contributed by atoms with E-state index < -0.39 is 0 Å². The highest BCUT2D eigenvalue weighted by Crippen LogP contribution is 2.19. The molecule has 0 bridgehead atoms. The zero-order valence-electron chi connectivity index (χ0n) is 7.43. The number of nitrogens with zero attached hydrogens (tertiary/aromatic N) is 3. The van der Waals surface area contributed by atoms with Gasteiger partial charge in [0.25, 0.3) is 0 Å². The summed E-state index contributed by atoms with van der Waals surface area (Å²) in [6, 6.07) is 0. The zero-order chi connectivity index (χ0) is 9.26. The minimum atomic E-state index is -0.144. The molecule has 0 amide bonds. The van der Waals surface area contributed by atoms with Gasteiger partial charge in [0.05, 0.1) is 13.0 Å². The van der Waals surface area contributed by atoms with E-state index in [2.05, 4.69) is 14.9 Å². The number of ether oxygens (including phenoxy) is 1. The van der Waals surface area contributed by atoms with Crippen LogP contribution in [-0.4, -0.2) is 27.8 Å². The molecule has 0 saturated carbocycles. The molecule has 0 fully saturated rings. The van der Waals surface area contributed by atoms with Gasteiger partial charge in [0, 0.05) is 13.0 Å². The van der Waals surface area contributed by atoms with Crippen molar-refractivity contribution in [2.45, 2.75) is 19.4 Å². The maximum atomic E-state index is 11.2. The number of hydrogen-bond donors (Lipinski definition) is 0. The second-order valence-electron chi connectivity index (χ2n) is 3.15. The van der Waals surface area contributed by atoms with Gasteiger partial charge in [-0.15, -0.1) is 10.2 Å². The van der Waals surface area contributed by atoms with Gasteiger partial charge in [-0.3, -0.25) is 4.79 Å². The molecule has 1 aromatic rings. The molecule has 13 heavy (non-hydrogen) atoms. The molecule has 1 aliphatic rings. The van der Waals surface area contributed by atoms with E-state index in [0.717, 1.165) is 18.8 Å². The maximum Gasteiger partial charge on any atom is 0.309 e. The zero-order valence-corrected chi connectivity index (χ0v) is 7.43. The van der Waals surface area contributed by atoms with Crippen molar-refractivity contribution in [3.63, 3.8) is 0 Å². The molecule has 5 heteroatoms. The molecular formula is C8H11N3O2. The number of aromatic nitrogens is 3. The third-order valence-electron chi connectivity index (χ3n) is 2.38. The lowest BCUT2D eigenvalue weighted by atomic mass is 9.98. The summed E-state index contributed by atoms with van der Waals surface area (Å²) >= 11 is 0. The molecule has 0 spiro atoms. The molecule has 0 saturated heterocycles. The number of esters is 1. The van der Waals surface area contributed by atoms with E-state index in [0.29, 0.717) is 6.42 Å². The largest absolute Gasteiger partial charge is 0.469 e. The van der Waals surface area contributed by atoms with Crippen LogP contribution in [0.4, 0.5) is 0 Å². The fourth-order valence-electron chi connectivity index (χ4n) is 1.61. The van der Waals surface area contributed by atoms with E-state index >= 15 is 0 Å². The lowest BCUT2D eigenvalue weighted by Crippen LogP contribution is -2.26. The fraction of sp³-hybridized carbons (Fsp3) is 0.625. The van der Waals surface area contributed by atoms with Crippen LogP contribution in [0.15, 0.2) is 6.33 Å². The van der Waals surface area contributed by atoms with Crippen molar-refractivity contribution < 1.29 is 9.53 Å². The Kier molecular flexibility index (Phi) is 2.00. The van der Waals surface area contributed by atoms with Gasteiger partial charge in [0.1, 0.15) is 12.2 Å². The standard InChI is InChI=1S/C8H11N3O2/c1-13-8(12)6-2-3-11-5-9-10-7(11)4-6/h5-6H,2-4H2,1H3. The Hall–Kier alpha value is -1.39. The summed E-state index contributed by atoms with van der Waals surface area (Å²) in [5, 5.41) is 7.71. The van der Waals surface area contributed by atoms with E-state index in [1.54, 1.807) is 6.33 Å². The number of hydrogen-bond acceptors (Lipinski definition) is 4. The van der Waals surface area contributed by atoms with Crippen LogP contribution in [0, 0.1) is 5.92 Å². The quantitative estimate of drug-likeness (QED) is 0.573. The first-order valence-electron chi connectivity index (χ1n) is 4.26. The average molecular weight is 181 g/mol. The molecule has 2 heterocycles. The predicted molar refractivity (Wildman–Crippen MR) is 43.8 cm³/mol. The van der Waals surface area contributed by atoms with Crippen LogP contribution < -0.4 is 0 Å². The van der Waals surface area contributed by atoms with Gasteiger partial charge in [-0.05, 0) is 6.42 Å². The van der Waals surface area contributed by atoms with Gasteiger partial charge < -0.3 is 9.30 Å². The minimum absolute atomic E-state index is 0.0401. The molecule has 2 rings (SSSR count). The second-order valence-corrected chi connectivity index (χ2v) is 3.15. The monoisotopic (exact) mass is 181 g/mol. The van der Waals surface area contributed by atoms with E-state index in [4.69, 9.17) is 0 Å². The van der Waals surface area contributed by atoms with Crippen LogP contribution in [0.3, 0.4) is 0 Å².